The van der Waals surface area contributed by atoms with Crippen molar-refractivity contribution in [3.8, 4) is 11.8 Å². The number of morpholine rings is 1. The zero-order valence-corrected chi connectivity index (χ0v) is 13.2. The minimum Gasteiger partial charge on any atom is -0.374 e. The fourth-order valence-corrected chi connectivity index (χ4v) is 1.90. The van der Waals surface area contributed by atoms with Crippen LogP contribution in [0.25, 0.3) is 0 Å². The molecule has 0 spiro atoms. The van der Waals surface area contributed by atoms with E-state index >= 15 is 0 Å². The summed E-state index contributed by atoms with van der Waals surface area (Å²) in [6, 6.07) is 0. The summed E-state index contributed by atoms with van der Waals surface area (Å²) >= 11 is 0. The Hall–Kier alpha value is -1.05. The van der Waals surface area contributed by atoms with Crippen LogP contribution < -0.4 is 5.32 Å². The predicted molar refractivity (Wildman–Crippen MR) is 83.4 cm³/mol. The monoisotopic (exact) mass is 282 g/mol. The van der Waals surface area contributed by atoms with E-state index in [9.17, 15) is 4.79 Å². The second kappa shape index (κ2) is 8.99. The summed E-state index contributed by atoms with van der Waals surface area (Å²) in [5.41, 5.74) is 0. The Labute approximate surface area is 124 Å². The van der Waals surface area contributed by atoms with Gasteiger partial charge in [-0.2, -0.15) is 0 Å². The van der Waals surface area contributed by atoms with Gasteiger partial charge < -0.3 is 10.1 Å². The highest BCUT2D eigenvalue weighted by Crippen LogP contribution is 2.04. The van der Waals surface area contributed by atoms with E-state index in [0.717, 1.165) is 26.1 Å². The third kappa shape index (κ3) is 6.40. The van der Waals surface area contributed by atoms with Gasteiger partial charge >= 0.3 is 0 Å². The first-order valence-electron chi connectivity index (χ1n) is 7.63. The van der Waals surface area contributed by atoms with E-state index in [4.69, 9.17) is 4.74 Å². The molecule has 1 unspecified atom stereocenters. The molecule has 0 aliphatic carbocycles. The third-order valence-corrected chi connectivity index (χ3v) is 3.51. The molecule has 1 fully saturated rings. The summed E-state index contributed by atoms with van der Waals surface area (Å²) in [6.07, 6.45) is 1.18. The van der Waals surface area contributed by atoms with Gasteiger partial charge in [0.05, 0.1) is 19.3 Å². The van der Waals surface area contributed by atoms with E-state index in [1.54, 1.807) is 0 Å². The summed E-state index contributed by atoms with van der Waals surface area (Å²) in [5, 5.41) is 2.93. The van der Waals surface area contributed by atoms with Gasteiger partial charge in [-0.3, -0.25) is 9.69 Å². The molecule has 4 nitrogen and oxygen atoms in total. The second-order valence-electron chi connectivity index (χ2n) is 5.76. The highest BCUT2D eigenvalue weighted by atomic mass is 16.5. The van der Waals surface area contributed by atoms with Crippen LogP contribution in [-0.2, 0) is 9.53 Å². The van der Waals surface area contributed by atoms with Crippen LogP contribution in [-0.4, -0.2) is 49.7 Å². The number of rotatable bonds is 5. The maximum atomic E-state index is 11.5. The molecule has 0 aromatic heterocycles. The highest BCUT2D eigenvalue weighted by molar-refractivity contribution is 5.77. The lowest BCUT2D eigenvalue weighted by Gasteiger charge is -2.31. The average molecular weight is 282 g/mol. The molecule has 0 bridgehead atoms. The van der Waals surface area contributed by atoms with E-state index in [-0.39, 0.29) is 19.4 Å². The quantitative estimate of drug-likeness (QED) is 0.781. The largest absolute Gasteiger partial charge is 0.374 e. The number of carbonyl (C=O) groups is 1. The van der Waals surface area contributed by atoms with Crippen molar-refractivity contribution in [1.29, 1.82) is 0 Å². The number of hydrogen-bond acceptors (Lipinski definition) is 3. The van der Waals surface area contributed by atoms with Gasteiger partial charge in [0.1, 0.15) is 0 Å². The van der Waals surface area contributed by atoms with Gasteiger partial charge in [-0.1, -0.05) is 39.5 Å². The van der Waals surface area contributed by atoms with Crippen LogP contribution in [0.1, 0.15) is 35.5 Å². The first-order valence-corrected chi connectivity index (χ1v) is 7.63. The fourth-order valence-electron chi connectivity index (χ4n) is 1.90. The van der Waals surface area contributed by atoms with Crippen molar-refractivity contribution in [2.45, 2.75) is 40.2 Å². The minimum absolute atomic E-state index is 0. The molecule has 2 atom stereocenters. The van der Waals surface area contributed by atoms with Crippen molar-refractivity contribution < 1.29 is 11.0 Å². The maximum absolute atomic E-state index is 11.5. The molecule has 0 aromatic carbocycles. The number of ether oxygens (including phenoxy) is 1. The SMILES string of the molecule is CCC(C)C#CCN1CCO[C@H](CNC(=O)C(C)C)C1.[HH]. The molecular weight excluding hydrogens is 252 g/mol. The van der Waals surface area contributed by atoms with Crippen LogP contribution in [0.5, 0.6) is 0 Å². The molecular formula is C16H30N2O2. The lowest BCUT2D eigenvalue weighted by Crippen LogP contribution is -2.48. The van der Waals surface area contributed by atoms with Crippen LogP contribution in [0, 0.1) is 23.7 Å². The number of carbonyl (C=O) groups excluding carboxylic acids is 1. The van der Waals surface area contributed by atoms with E-state index < -0.39 is 0 Å². The van der Waals surface area contributed by atoms with E-state index in [0.29, 0.717) is 19.1 Å². The van der Waals surface area contributed by atoms with Gasteiger partial charge in [-0.15, -0.1) is 0 Å². The van der Waals surface area contributed by atoms with Gasteiger partial charge in [0.25, 0.3) is 0 Å². The van der Waals surface area contributed by atoms with Gasteiger partial charge in [0.15, 0.2) is 0 Å². The van der Waals surface area contributed by atoms with Crippen LogP contribution in [0.2, 0.25) is 0 Å². The van der Waals surface area contributed by atoms with Crippen molar-refractivity contribution in [3.63, 3.8) is 0 Å². The summed E-state index contributed by atoms with van der Waals surface area (Å²) in [5.74, 6) is 7.08. The standard InChI is InChI=1S/C16H28N2O2.H2/c1-5-14(4)7-6-8-18-9-10-20-15(12-18)11-17-16(19)13(2)3;/h13-15H,5,8-12H2,1-4H3,(H,17,19);1H/t14?,15-;/m1./s1. The molecule has 0 radical (unpaired) electrons. The molecule has 1 rings (SSSR count). The Kier molecular flexibility index (Phi) is 7.64. The number of nitrogens with zero attached hydrogens (tertiary/aromatic N) is 1. The van der Waals surface area contributed by atoms with Crippen LogP contribution in [0.15, 0.2) is 0 Å². The molecule has 1 N–H and O–H groups in total. The number of nitrogens with one attached hydrogen (secondary N) is 1. The number of hydrogen-bond donors (Lipinski definition) is 1. The van der Waals surface area contributed by atoms with Crippen molar-refractivity contribution in [2.24, 2.45) is 11.8 Å². The maximum Gasteiger partial charge on any atom is 0.222 e. The molecule has 1 amide bonds. The Morgan fingerprint density at radius 3 is 2.90 bits per heavy atom. The summed E-state index contributed by atoms with van der Waals surface area (Å²) < 4.78 is 5.68. The molecule has 4 heteroatoms. The molecule has 1 aliphatic heterocycles. The summed E-state index contributed by atoms with van der Waals surface area (Å²) in [4.78, 5) is 13.8. The van der Waals surface area contributed by atoms with Crippen LogP contribution in [0.4, 0.5) is 0 Å². The Balaban J connectivity index is 0.00000400. The minimum atomic E-state index is 0. The highest BCUT2D eigenvalue weighted by Gasteiger charge is 2.20. The van der Waals surface area contributed by atoms with Crippen molar-refractivity contribution >= 4 is 5.91 Å². The van der Waals surface area contributed by atoms with Gasteiger partial charge in [0.2, 0.25) is 5.91 Å². The Morgan fingerprint density at radius 1 is 1.50 bits per heavy atom. The number of amides is 1. The Bertz CT molecular complexity index is 363. The molecule has 1 saturated heterocycles. The van der Waals surface area contributed by atoms with Crippen molar-refractivity contribution in [1.82, 2.24) is 10.2 Å². The average Bonchev–Trinajstić information content (AvgIpc) is 2.44. The molecule has 0 saturated carbocycles. The zero-order chi connectivity index (χ0) is 15.0. The van der Waals surface area contributed by atoms with Gasteiger partial charge in [-0.25, -0.2) is 0 Å². The third-order valence-electron chi connectivity index (χ3n) is 3.51. The molecule has 116 valence electrons. The van der Waals surface area contributed by atoms with Gasteiger partial charge in [0, 0.05) is 32.9 Å². The van der Waals surface area contributed by atoms with E-state index in [2.05, 4.69) is 35.9 Å². The topological polar surface area (TPSA) is 41.6 Å². The zero-order valence-electron chi connectivity index (χ0n) is 13.2. The van der Waals surface area contributed by atoms with Crippen molar-refractivity contribution in [3.05, 3.63) is 0 Å². The first-order chi connectivity index (χ1) is 9.52. The van der Waals surface area contributed by atoms with E-state index in [1.165, 1.54) is 0 Å². The molecule has 1 aliphatic rings. The normalized spacial score (nSPS) is 21.1. The summed E-state index contributed by atoms with van der Waals surface area (Å²) in [7, 11) is 0. The van der Waals surface area contributed by atoms with E-state index in [1.807, 2.05) is 13.8 Å². The van der Waals surface area contributed by atoms with Gasteiger partial charge in [-0.05, 0) is 6.42 Å². The fraction of sp³-hybridized carbons (Fsp3) is 0.812. The second-order valence-corrected chi connectivity index (χ2v) is 5.76. The molecule has 1 heterocycles. The van der Waals surface area contributed by atoms with Crippen LogP contribution in [0.3, 0.4) is 0 Å². The first kappa shape index (κ1) is 17.0. The molecule has 20 heavy (non-hydrogen) atoms. The molecule has 0 aromatic rings. The summed E-state index contributed by atoms with van der Waals surface area (Å²) in [6.45, 7) is 12.0. The van der Waals surface area contributed by atoms with Crippen molar-refractivity contribution in [2.75, 3.05) is 32.8 Å². The predicted octanol–water partition coefficient (Wildman–Crippen LogP) is 1.75. The smallest absolute Gasteiger partial charge is 0.222 e. The lowest BCUT2D eigenvalue weighted by atomic mass is 10.1. The van der Waals surface area contributed by atoms with Crippen LogP contribution >= 0.6 is 0 Å². The Morgan fingerprint density at radius 2 is 2.25 bits per heavy atom. The lowest BCUT2D eigenvalue weighted by molar-refractivity contribution is -0.125.